The Morgan fingerprint density at radius 1 is 1.17 bits per heavy atom. The standard InChI is InChI=1S/C14H9NO2S/c15-11-5-10(8-16)12-6-9-3-1-2-4-13(9)18(17)14(12)7-11/h1-7H,15H2. The van der Waals surface area contributed by atoms with Crippen LogP contribution in [0.2, 0.25) is 0 Å². The van der Waals surface area contributed by atoms with Crippen LogP contribution < -0.4 is 16.2 Å². The summed E-state index contributed by atoms with van der Waals surface area (Å²) in [4.78, 5) is 12.3. The fraction of sp³-hybridized carbons (Fsp3) is 0. The van der Waals surface area contributed by atoms with E-state index in [9.17, 15) is 9.35 Å². The molecule has 1 unspecified atom stereocenters. The fourth-order valence-electron chi connectivity index (χ4n) is 2.08. The number of anilines is 1. The zero-order valence-electron chi connectivity index (χ0n) is 9.34. The Hall–Kier alpha value is -2.00. The van der Waals surface area contributed by atoms with Gasteiger partial charge in [-0.1, -0.05) is 12.1 Å². The van der Waals surface area contributed by atoms with E-state index in [1.165, 1.54) is 0 Å². The third-order valence-electron chi connectivity index (χ3n) is 2.89. The third-order valence-corrected chi connectivity index (χ3v) is 4.40. The van der Waals surface area contributed by atoms with Crippen LogP contribution in [0.3, 0.4) is 0 Å². The van der Waals surface area contributed by atoms with Crippen LogP contribution >= 0.6 is 0 Å². The lowest BCUT2D eigenvalue weighted by atomic mass is 10.1. The molecule has 0 radical (unpaired) electrons. The van der Waals surface area contributed by atoms with Crippen molar-refractivity contribution in [2.24, 2.45) is 0 Å². The van der Waals surface area contributed by atoms with E-state index in [1.807, 2.05) is 36.3 Å². The molecule has 0 aliphatic carbocycles. The molecule has 1 atom stereocenters. The van der Waals surface area contributed by atoms with E-state index in [1.54, 1.807) is 12.1 Å². The van der Waals surface area contributed by atoms with Crippen molar-refractivity contribution >= 4 is 28.9 Å². The summed E-state index contributed by atoms with van der Waals surface area (Å²) in [6.07, 6.45) is 1.85. The normalized spacial score (nSPS) is 16.2. The number of rotatable bonds is 0. The molecule has 0 saturated carbocycles. The molecule has 88 valence electrons. The summed E-state index contributed by atoms with van der Waals surface area (Å²) in [5.41, 5.74) is 7.00. The Morgan fingerprint density at radius 3 is 2.72 bits per heavy atom. The third kappa shape index (κ3) is 1.56. The van der Waals surface area contributed by atoms with Crippen LogP contribution in [0.25, 0.3) is 6.08 Å². The van der Waals surface area contributed by atoms with E-state index < -0.39 is 11.2 Å². The second-order valence-corrected chi connectivity index (χ2v) is 5.45. The number of carbonyl (C=O) groups excluding carboxylic acids is 1. The molecule has 0 bridgehead atoms. The minimum atomic E-state index is -1.30. The van der Waals surface area contributed by atoms with Gasteiger partial charge >= 0.3 is 0 Å². The maximum absolute atomic E-state index is 12.4. The summed E-state index contributed by atoms with van der Waals surface area (Å²) in [6, 6.07) is 10.6. The predicted molar refractivity (Wildman–Crippen MR) is 69.6 cm³/mol. The van der Waals surface area contributed by atoms with Gasteiger partial charge in [-0.2, -0.15) is 0 Å². The molecule has 1 heterocycles. The molecule has 4 heteroatoms. The van der Waals surface area contributed by atoms with Gasteiger partial charge in [0.25, 0.3) is 0 Å². The molecule has 0 amide bonds. The van der Waals surface area contributed by atoms with E-state index in [4.69, 9.17) is 5.73 Å². The van der Waals surface area contributed by atoms with Crippen LogP contribution in [0, 0.1) is 0 Å². The first-order chi connectivity index (χ1) is 8.70. The summed E-state index contributed by atoms with van der Waals surface area (Å²) in [7, 11) is 0. The number of hydrogen-bond donors (Lipinski definition) is 1. The van der Waals surface area contributed by atoms with Crippen molar-refractivity contribution < 1.29 is 9.35 Å². The lowest BCUT2D eigenvalue weighted by molar-refractivity contribution is 0.567. The molecule has 1 aliphatic rings. The van der Waals surface area contributed by atoms with Gasteiger partial charge in [0, 0.05) is 33.7 Å². The van der Waals surface area contributed by atoms with Crippen molar-refractivity contribution in [2.45, 2.75) is 9.79 Å². The number of nitrogen functional groups attached to an aromatic ring is 1. The molecule has 0 saturated heterocycles. The zero-order chi connectivity index (χ0) is 12.7. The molecule has 2 aromatic carbocycles. The Kier molecular flexibility index (Phi) is 2.49. The van der Waals surface area contributed by atoms with Gasteiger partial charge < -0.3 is 10.3 Å². The molecule has 0 spiro atoms. The molecule has 3 rings (SSSR count). The molecular formula is C14H9NO2S. The van der Waals surface area contributed by atoms with Crippen molar-refractivity contribution in [3.05, 3.63) is 52.4 Å². The van der Waals surface area contributed by atoms with E-state index in [0.717, 1.165) is 10.5 Å². The molecule has 18 heavy (non-hydrogen) atoms. The number of fused-ring (bicyclic) bond motifs is 2. The molecule has 1 aliphatic heterocycles. The highest BCUT2D eigenvalue weighted by Gasteiger charge is 2.24. The molecule has 2 aromatic rings. The first-order valence-electron chi connectivity index (χ1n) is 5.38. The quantitative estimate of drug-likeness (QED) is 0.535. The summed E-state index contributed by atoms with van der Waals surface area (Å²) >= 11 is -1.30. The van der Waals surface area contributed by atoms with Crippen molar-refractivity contribution in [3.8, 4) is 0 Å². The van der Waals surface area contributed by atoms with Crippen LogP contribution in [0.5, 0.6) is 0 Å². The van der Waals surface area contributed by atoms with Gasteiger partial charge in [0.15, 0.2) is 9.79 Å². The zero-order valence-corrected chi connectivity index (χ0v) is 10.2. The van der Waals surface area contributed by atoms with Gasteiger partial charge in [-0.15, -0.1) is 0 Å². The number of hydrogen-bond acceptors (Lipinski definition) is 3. The Balaban J connectivity index is 2.49. The summed E-state index contributed by atoms with van der Waals surface area (Å²) in [6.45, 7) is 0. The number of nitrogens with two attached hydrogens (primary N) is 1. The Bertz CT molecular complexity index is 779. The van der Waals surface area contributed by atoms with Gasteiger partial charge in [0.1, 0.15) is 5.94 Å². The van der Waals surface area contributed by atoms with Crippen LogP contribution in [0.1, 0.15) is 5.56 Å². The van der Waals surface area contributed by atoms with Crippen LogP contribution in [0.15, 0.2) is 46.2 Å². The highest BCUT2D eigenvalue weighted by Crippen LogP contribution is 2.26. The van der Waals surface area contributed by atoms with Gasteiger partial charge in [0.05, 0.1) is 5.22 Å². The van der Waals surface area contributed by atoms with E-state index in [0.29, 0.717) is 21.0 Å². The highest BCUT2D eigenvalue weighted by molar-refractivity contribution is 7.91. The van der Waals surface area contributed by atoms with E-state index in [2.05, 4.69) is 0 Å². The second-order valence-electron chi connectivity index (χ2n) is 4.03. The molecular weight excluding hydrogens is 246 g/mol. The van der Waals surface area contributed by atoms with Crippen LogP contribution in [-0.2, 0) is 16.0 Å². The smallest absolute Gasteiger partial charge is 0.169 e. The summed E-state index contributed by atoms with van der Waals surface area (Å²) in [5, 5.41) is 1.00. The second kappa shape index (κ2) is 4.03. The molecule has 0 aromatic heterocycles. The van der Waals surface area contributed by atoms with Gasteiger partial charge in [-0.3, -0.25) is 0 Å². The SMILES string of the molecule is Nc1cc2c(c(=C=O)c1)=Cc1ccccc1[S+]2[O-]. The average Bonchev–Trinajstić information content (AvgIpc) is 2.39. The van der Waals surface area contributed by atoms with Crippen molar-refractivity contribution in [2.75, 3.05) is 5.73 Å². The maximum atomic E-state index is 12.4. The predicted octanol–water partition coefficient (Wildman–Crippen LogP) is 0.0809. The topological polar surface area (TPSA) is 66.2 Å². The molecule has 2 N–H and O–H groups in total. The van der Waals surface area contributed by atoms with Gasteiger partial charge in [-0.25, -0.2) is 4.79 Å². The lowest BCUT2D eigenvalue weighted by Crippen LogP contribution is -2.34. The average molecular weight is 255 g/mol. The monoisotopic (exact) mass is 255 g/mol. The Morgan fingerprint density at radius 2 is 1.94 bits per heavy atom. The lowest BCUT2D eigenvalue weighted by Gasteiger charge is -2.17. The van der Waals surface area contributed by atoms with Crippen LogP contribution in [0.4, 0.5) is 5.69 Å². The van der Waals surface area contributed by atoms with Gasteiger partial charge in [-0.05, 0) is 24.3 Å². The largest absolute Gasteiger partial charge is 0.606 e. The first-order valence-corrected chi connectivity index (χ1v) is 6.53. The minimum absolute atomic E-state index is 0.354. The van der Waals surface area contributed by atoms with Crippen molar-refractivity contribution in [1.29, 1.82) is 0 Å². The van der Waals surface area contributed by atoms with Gasteiger partial charge in [0.2, 0.25) is 0 Å². The minimum Gasteiger partial charge on any atom is -0.606 e. The Labute approximate surface area is 106 Å². The number of benzene rings is 2. The fourth-order valence-corrected chi connectivity index (χ4v) is 3.47. The van der Waals surface area contributed by atoms with Crippen LogP contribution in [-0.4, -0.2) is 10.5 Å². The molecule has 0 fully saturated rings. The highest BCUT2D eigenvalue weighted by atomic mass is 32.2. The van der Waals surface area contributed by atoms with Crippen molar-refractivity contribution in [1.82, 2.24) is 0 Å². The van der Waals surface area contributed by atoms with E-state index >= 15 is 0 Å². The first kappa shape index (κ1) is 11.1. The van der Waals surface area contributed by atoms with E-state index in [-0.39, 0.29) is 0 Å². The summed E-state index contributed by atoms with van der Waals surface area (Å²) < 4.78 is 12.4. The summed E-state index contributed by atoms with van der Waals surface area (Å²) in [5.74, 6) is 1.85. The van der Waals surface area contributed by atoms with Crippen molar-refractivity contribution in [3.63, 3.8) is 0 Å². The molecule has 3 nitrogen and oxygen atoms in total. The maximum Gasteiger partial charge on any atom is 0.169 e.